The normalized spacial score (nSPS) is 13.9. The molecule has 2 unspecified atom stereocenters. The average molecular weight is 765 g/mol. The van der Waals surface area contributed by atoms with E-state index in [0.717, 1.165) is 39.5 Å². The summed E-state index contributed by atoms with van der Waals surface area (Å²) in [4.78, 5) is 15.4. The van der Waals surface area contributed by atoms with E-state index in [1.165, 1.54) is 14.2 Å². The molecule has 0 aliphatic rings. The van der Waals surface area contributed by atoms with Gasteiger partial charge < -0.3 is 19.2 Å². The highest BCUT2D eigenvalue weighted by molar-refractivity contribution is 7.99. The fraction of sp³-hybridized carbons (Fsp3) is 0.486. The number of carbonyl (C=O) groups excluding carboxylic acids is 1. The summed E-state index contributed by atoms with van der Waals surface area (Å²) in [7, 11) is -2.68. The molecule has 13 heteroatoms. The van der Waals surface area contributed by atoms with Crippen LogP contribution in [0.2, 0.25) is 18.1 Å². The topological polar surface area (TPSA) is 102 Å². The van der Waals surface area contributed by atoms with Crippen LogP contribution in [0.4, 0.5) is 4.79 Å². The lowest BCUT2D eigenvalue weighted by Gasteiger charge is -2.50. The van der Waals surface area contributed by atoms with Crippen LogP contribution in [0.3, 0.4) is 0 Å². The fourth-order valence-electron chi connectivity index (χ4n) is 5.33. The van der Waals surface area contributed by atoms with E-state index in [1.807, 2.05) is 114 Å². The first-order valence-corrected chi connectivity index (χ1v) is 21.8. The van der Waals surface area contributed by atoms with Gasteiger partial charge in [-0.15, -0.1) is 0 Å². The summed E-state index contributed by atoms with van der Waals surface area (Å²) in [5.74, 6) is 0.785. The number of phosphoric ester groups is 1. The van der Waals surface area contributed by atoms with Crippen LogP contribution >= 0.6 is 31.2 Å². The Labute approximate surface area is 309 Å². The number of hydrogen-bond acceptors (Lipinski definition) is 9. The molecule has 1 amide bonds. The Morgan fingerprint density at radius 1 is 0.980 bits per heavy atom. The summed E-state index contributed by atoms with van der Waals surface area (Å²) in [5.41, 5.74) is 0.173. The van der Waals surface area contributed by atoms with Gasteiger partial charge in [-0.25, -0.2) is 9.36 Å². The molecule has 0 aliphatic carbocycles. The first-order valence-electron chi connectivity index (χ1n) is 16.7. The smallest absolute Gasteiger partial charge is 0.474 e. The lowest BCUT2D eigenvalue weighted by atomic mass is 9.67. The third kappa shape index (κ3) is 12.7. The number of carbonyl (C=O) groups is 1. The Bertz CT molecular complexity index is 1540. The summed E-state index contributed by atoms with van der Waals surface area (Å²) in [6.45, 7) is 12.8. The molecule has 9 nitrogen and oxygen atoms in total. The minimum absolute atomic E-state index is 0.0436. The second kappa shape index (κ2) is 20.0. The van der Waals surface area contributed by atoms with Crippen molar-refractivity contribution in [1.29, 1.82) is 0 Å². The van der Waals surface area contributed by atoms with Crippen molar-refractivity contribution in [3.63, 3.8) is 0 Å². The highest BCUT2D eigenvalue weighted by Crippen LogP contribution is 2.52. The number of aryl methyl sites for hydroxylation is 1. The maximum Gasteiger partial charge on any atom is 0.474 e. The van der Waals surface area contributed by atoms with Crippen LogP contribution in [0, 0.1) is 5.41 Å². The first kappa shape index (κ1) is 42.1. The number of ether oxygens (including phenoxy) is 2. The van der Waals surface area contributed by atoms with Gasteiger partial charge in [-0.2, -0.15) is 0 Å². The molecule has 0 bridgehead atoms. The molecule has 2 atom stereocenters. The second-order valence-electron chi connectivity index (χ2n) is 13.1. The highest BCUT2D eigenvalue weighted by atomic mass is 35.5. The lowest BCUT2D eigenvalue weighted by Crippen LogP contribution is -2.66. The molecule has 0 aliphatic heterocycles. The molecular weight excluding hydrogens is 713 g/mol. The molecule has 0 saturated heterocycles. The molecule has 3 aromatic carbocycles. The maximum absolute atomic E-state index is 13.4. The maximum atomic E-state index is 13.4. The van der Waals surface area contributed by atoms with E-state index in [9.17, 15) is 9.36 Å². The molecule has 1 radical (unpaired) electrons. The van der Waals surface area contributed by atoms with E-state index >= 15 is 0 Å². The standard InChI is InChI=1S/C37H52ClNO8PSSi/c1-9-10-23-44-35(40)39-37(36(2,3)4,34(27-46-50(7)8)47-48(41,42-5)43-6)22-21-29-19-20-32(25-33(29)38)49-31-18-14-17-30(24-31)45-26-28-15-12-11-13-16-28/h11-20,24-25,34H,9-10,21-23,26-27H2,1-8H3,(H,39,40). The number of phosphoric acid groups is 1. The predicted molar refractivity (Wildman–Crippen MR) is 203 cm³/mol. The van der Waals surface area contributed by atoms with E-state index in [2.05, 4.69) is 5.32 Å². The zero-order valence-electron chi connectivity index (χ0n) is 30.5. The molecule has 0 spiro atoms. The van der Waals surface area contributed by atoms with E-state index < -0.39 is 40.0 Å². The molecular formula is C37H52ClNO8PSSi. The Hall–Kier alpha value is -2.34. The average Bonchev–Trinajstić information content (AvgIpc) is 3.08. The number of benzene rings is 3. The third-order valence-corrected chi connectivity index (χ3v) is 11.8. The monoisotopic (exact) mass is 764 g/mol. The largest absolute Gasteiger partial charge is 0.489 e. The Morgan fingerprint density at radius 2 is 1.68 bits per heavy atom. The third-order valence-electron chi connectivity index (χ3n) is 8.27. The van der Waals surface area contributed by atoms with Gasteiger partial charge in [0.25, 0.3) is 0 Å². The summed E-state index contributed by atoms with van der Waals surface area (Å²) in [6.07, 6.45) is 0.877. The van der Waals surface area contributed by atoms with Gasteiger partial charge in [0.15, 0.2) is 0 Å². The minimum atomic E-state index is -4.00. The van der Waals surface area contributed by atoms with Crippen molar-refractivity contribution < 1.29 is 36.8 Å². The van der Waals surface area contributed by atoms with Crippen LogP contribution in [-0.4, -0.2) is 54.2 Å². The van der Waals surface area contributed by atoms with E-state index in [0.29, 0.717) is 24.5 Å². The van der Waals surface area contributed by atoms with Gasteiger partial charge in [-0.1, -0.05) is 99.9 Å². The van der Waals surface area contributed by atoms with Crippen molar-refractivity contribution in [2.75, 3.05) is 27.4 Å². The summed E-state index contributed by atoms with van der Waals surface area (Å²) in [5, 5.41) is 3.72. The van der Waals surface area contributed by atoms with E-state index in [1.54, 1.807) is 11.8 Å². The summed E-state index contributed by atoms with van der Waals surface area (Å²) < 4.78 is 47.7. The van der Waals surface area contributed by atoms with Crippen LogP contribution < -0.4 is 10.1 Å². The number of rotatable bonds is 20. The predicted octanol–water partition coefficient (Wildman–Crippen LogP) is 10.4. The number of amides is 1. The molecule has 0 heterocycles. The van der Waals surface area contributed by atoms with Gasteiger partial charge in [0.2, 0.25) is 9.04 Å². The van der Waals surface area contributed by atoms with E-state index in [-0.39, 0.29) is 13.2 Å². The van der Waals surface area contributed by atoms with Crippen LogP contribution in [0.5, 0.6) is 5.75 Å². The SMILES string of the molecule is CCCCOC(=O)NC(CCc1ccc(Sc2cccc(OCc3ccccc3)c2)cc1Cl)(C(CO[Si](C)C)OP(=O)(OC)OC)C(C)(C)C. The number of alkyl carbamates (subject to hydrolysis) is 1. The van der Waals surface area contributed by atoms with Crippen LogP contribution in [0.1, 0.15) is 58.1 Å². The van der Waals surface area contributed by atoms with Crippen LogP contribution in [0.15, 0.2) is 82.6 Å². The first-order chi connectivity index (χ1) is 23.7. The molecule has 50 heavy (non-hydrogen) atoms. The van der Waals surface area contributed by atoms with Crippen molar-refractivity contribution >= 4 is 46.3 Å². The van der Waals surface area contributed by atoms with E-state index in [4.69, 9.17) is 39.1 Å². The number of nitrogens with one attached hydrogen (secondary N) is 1. The quantitative estimate of drug-likeness (QED) is 0.0684. The number of halogens is 1. The molecule has 0 aromatic heterocycles. The zero-order valence-corrected chi connectivity index (χ0v) is 33.9. The molecule has 3 rings (SSSR count). The summed E-state index contributed by atoms with van der Waals surface area (Å²) >= 11 is 8.51. The second-order valence-corrected chi connectivity index (χ2v) is 18.6. The molecule has 0 fully saturated rings. The van der Waals surface area contributed by atoms with Crippen LogP contribution in [-0.2, 0) is 40.3 Å². The fourth-order valence-corrected chi connectivity index (χ4v) is 7.93. The van der Waals surface area contributed by atoms with Crippen molar-refractivity contribution in [2.24, 2.45) is 5.41 Å². The van der Waals surface area contributed by atoms with Gasteiger partial charge >= 0.3 is 13.9 Å². The minimum Gasteiger partial charge on any atom is -0.489 e. The Morgan fingerprint density at radius 3 is 2.30 bits per heavy atom. The lowest BCUT2D eigenvalue weighted by molar-refractivity contribution is -0.0421. The van der Waals surface area contributed by atoms with Gasteiger partial charge in [0, 0.05) is 29.0 Å². The number of unbranched alkanes of at least 4 members (excludes halogenated alkanes) is 1. The van der Waals surface area contributed by atoms with Crippen molar-refractivity contribution in [2.45, 2.75) is 94.5 Å². The van der Waals surface area contributed by atoms with Crippen LogP contribution in [0.25, 0.3) is 0 Å². The van der Waals surface area contributed by atoms with Gasteiger partial charge in [0.05, 0.1) is 18.8 Å². The molecule has 275 valence electrons. The Kier molecular flexibility index (Phi) is 16.9. The van der Waals surface area contributed by atoms with Crippen molar-refractivity contribution in [3.8, 4) is 5.75 Å². The number of hydrogen-bond donors (Lipinski definition) is 1. The zero-order chi connectivity index (χ0) is 36.8. The summed E-state index contributed by atoms with van der Waals surface area (Å²) in [6, 6.07) is 24.0. The molecule has 1 N–H and O–H groups in total. The Balaban J connectivity index is 1.89. The van der Waals surface area contributed by atoms with Crippen molar-refractivity contribution in [3.05, 3.63) is 88.9 Å². The molecule has 0 saturated carbocycles. The molecule has 3 aromatic rings. The van der Waals surface area contributed by atoms with Gasteiger partial charge in [-0.05, 0) is 79.2 Å². The van der Waals surface area contributed by atoms with Crippen molar-refractivity contribution in [1.82, 2.24) is 5.32 Å². The van der Waals surface area contributed by atoms with Gasteiger partial charge in [-0.3, -0.25) is 13.6 Å². The highest BCUT2D eigenvalue weighted by Gasteiger charge is 2.53. The van der Waals surface area contributed by atoms with Gasteiger partial charge in [0.1, 0.15) is 18.5 Å².